The van der Waals surface area contributed by atoms with Gasteiger partial charge in [-0.05, 0) is 18.0 Å². The largest absolute Gasteiger partial charge is 0.355 e. The molecule has 1 amide bonds. The third-order valence-electron chi connectivity index (χ3n) is 1.92. The average Bonchev–Trinajstić information content (AvgIpc) is 2.31. The molecule has 1 aromatic rings. The van der Waals surface area contributed by atoms with Gasteiger partial charge in [0, 0.05) is 26.6 Å². The molecule has 3 N–H and O–H groups in total. The van der Waals surface area contributed by atoms with Gasteiger partial charge in [0.25, 0.3) is 0 Å². The summed E-state index contributed by atoms with van der Waals surface area (Å²) >= 11 is 5.78. The van der Waals surface area contributed by atoms with Gasteiger partial charge in [0.1, 0.15) is 0 Å². The second kappa shape index (κ2) is 7.65. The third kappa shape index (κ3) is 5.62. The van der Waals surface area contributed by atoms with E-state index in [-0.39, 0.29) is 11.2 Å². The Balaban J connectivity index is 2.48. The van der Waals surface area contributed by atoms with Crippen molar-refractivity contribution in [1.82, 2.24) is 20.3 Å². The number of nitrogens with zero attached hydrogens (tertiary/aromatic N) is 3. The number of nitrogens with one attached hydrogen (secondary N) is 3. The fraction of sp³-hybridized carbons (Fsp3) is 0.600. The first-order chi connectivity index (χ1) is 8.61. The summed E-state index contributed by atoms with van der Waals surface area (Å²) < 4.78 is 0. The molecule has 1 rings (SSSR count). The van der Waals surface area contributed by atoms with Crippen LogP contribution in [-0.4, -0.2) is 40.5 Å². The first kappa shape index (κ1) is 14.4. The molecule has 1 aromatic heterocycles. The van der Waals surface area contributed by atoms with Gasteiger partial charge in [-0.1, -0.05) is 6.92 Å². The van der Waals surface area contributed by atoms with Crippen molar-refractivity contribution in [1.29, 1.82) is 0 Å². The molecule has 1 heterocycles. The highest BCUT2D eigenvalue weighted by molar-refractivity contribution is 6.28. The standard InChI is InChI=1S/C10H17ClN6O/c1-3-4-13-9-15-8(11)16-10(17-9)14-6-5-12-7(2)18/h3-6H2,1-2H3,(H,12,18)(H2,13,14,15,16,17). The zero-order valence-electron chi connectivity index (χ0n) is 10.5. The molecular weight excluding hydrogens is 256 g/mol. The maximum absolute atomic E-state index is 10.7. The molecule has 0 saturated heterocycles. The fourth-order valence-corrected chi connectivity index (χ4v) is 1.32. The van der Waals surface area contributed by atoms with Gasteiger partial charge in [-0.25, -0.2) is 0 Å². The maximum atomic E-state index is 10.7. The Morgan fingerprint density at radius 1 is 1.11 bits per heavy atom. The van der Waals surface area contributed by atoms with Crippen molar-refractivity contribution in [2.24, 2.45) is 0 Å². The lowest BCUT2D eigenvalue weighted by Crippen LogP contribution is -2.26. The molecule has 0 spiro atoms. The lowest BCUT2D eigenvalue weighted by Gasteiger charge is -2.07. The van der Waals surface area contributed by atoms with Crippen LogP contribution in [0.5, 0.6) is 0 Å². The summed E-state index contributed by atoms with van der Waals surface area (Å²) in [5.41, 5.74) is 0. The Kier molecular flexibility index (Phi) is 6.13. The SMILES string of the molecule is CCCNc1nc(Cl)nc(NCCNC(C)=O)n1. The van der Waals surface area contributed by atoms with E-state index in [1.165, 1.54) is 6.92 Å². The number of carbonyl (C=O) groups excluding carboxylic acids is 1. The molecule has 18 heavy (non-hydrogen) atoms. The number of aromatic nitrogens is 3. The van der Waals surface area contributed by atoms with E-state index in [4.69, 9.17) is 11.6 Å². The van der Waals surface area contributed by atoms with Crippen LogP contribution in [-0.2, 0) is 4.79 Å². The molecule has 0 saturated carbocycles. The quantitative estimate of drug-likeness (QED) is 0.639. The van der Waals surface area contributed by atoms with E-state index in [1.807, 2.05) is 6.92 Å². The van der Waals surface area contributed by atoms with Crippen LogP contribution in [0.25, 0.3) is 0 Å². The van der Waals surface area contributed by atoms with Crippen molar-refractivity contribution in [3.63, 3.8) is 0 Å². The van der Waals surface area contributed by atoms with E-state index in [0.29, 0.717) is 25.0 Å². The van der Waals surface area contributed by atoms with Crippen molar-refractivity contribution in [2.45, 2.75) is 20.3 Å². The topological polar surface area (TPSA) is 91.8 Å². The first-order valence-electron chi connectivity index (χ1n) is 5.75. The van der Waals surface area contributed by atoms with E-state index in [9.17, 15) is 4.79 Å². The van der Waals surface area contributed by atoms with Crippen LogP contribution >= 0.6 is 11.6 Å². The Hall–Kier alpha value is -1.63. The second-order valence-corrected chi connectivity index (χ2v) is 3.93. The lowest BCUT2D eigenvalue weighted by molar-refractivity contribution is -0.118. The van der Waals surface area contributed by atoms with Gasteiger partial charge in [0.2, 0.25) is 23.1 Å². The van der Waals surface area contributed by atoms with E-state index in [2.05, 4.69) is 30.9 Å². The molecule has 8 heteroatoms. The summed E-state index contributed by atoms with van der Waals surface area (Å²) in [5, 5.41) is 8.77. The second-order valence-electron chi connectivity index (χ2n) is 3.59. The number of halogens is 1. The summed E-state index contributed by atoms with van der Waals surface area (Å²) in [6.45, 7) is 5.30. The zero-order chi connectivity index (χ0) is 13.4. The van der Waals surface area contributed by atoms with Gasteiger partial charge in [0.15, 0.2) is 0 Å². The molecule has 100 valence electrons. The minimum atomic E-state index is -0.0734. The Labute approximate surface area is 111 Å². The molecule has 0 aromatic carbocycles. The van der Waals surface area contributed by atoms with Crippen LogP contribution in [0.4, 0.5) is 11.9 Å². The Morgan fingerprint density at radius 3 is 2.28 bits per heavy atom. The maximum Gasteiger partial charge on any atom is 0.228 e. The molecule has 0 aliphatic rings. The van der Waals surface area contributed by atoms with Gasteiger partial charge < -0.3 is 16.0 Å². The summed E-state index contributed by atoms with van der Waals surface area (Å²) in [5.74, 6) is 0.758. The van der Waals surface area contributed by atoms with E-state index in [1.54, 1.807) is 0 Å². The Bertz CT molecular complexity index is 400. The lowest BCUT2D eigenvalue weighted by atomic mass is 10.5. The number of hydrogen-bond acceptors (Lipinski definition) is 6. The summed E-state index contributed by atoms with van der Waals surface area (Å²) in [7, 11) is 0. The minimum Gasteiger partial charge on any atom is -0.355 e. The number of amides is 1. The van der Waals surface area contributed by atoms with Gasteiger partial charge in [-0.2, -0.15) is 15.0 Å². The molecule has 0 bridgehead atoms. The predicted molar refractivity (Wildman–Crippen MR) is 70.8 cm³/mol. The highest BCUT2D eigenvalue weighted by atomic mass is 35.5. The van der Waals surface area contributed by atoms with Crippen molar-refractivity contribution >= 4 is 29.4 Å². The monoisotopic (exact) mass is 272 g/mol. The molecule has 7 nitrogen and oxygen atoms in total. The summed E-state index contributed by atoms with van der Waals surface area (Å²) in [6.07, 6.45) is 0.967. The van der Waals surface area contributed by atoms with Crippen LogP contribution < -0.4 is 16.0 Å². The molecule has 0 fully saturated rings. The van der Waals surface area contributed by atoms with Gasteiger partial charge >= 0.3 is 0 Å². The summed E-state index contributed by atoms with van der Waals surface area (Å²) in [6, 6.07) is 0. The average molecular weight is 273 g/mol. The van der Waals surface area contributed by atoms with Gasteiger partial charge in [-0.3, -0.25) is 4.79 Å². The van der Waals surface area contributed by atoms with Crippen molar-refractivity contribution in [2.75, 3.05) is 30.3 Å². The highest BCUT2D eigenvalue weighted by Gasteiger charge is 2.03. The predicted octanol–water partition coefficient (Wildman–Crippen LogP) is 0.895. The van der Waals surface area contributed by atoms with Crippen LogP contribution in [0.15, 0.2) is 0 Å². The van der Waals surface area contributed by atoms with E-state index < -0.39 is 0 Å². The first-order valence-corrected chi connectivity index (χ1v) is 6.13. The number of rotatable bonds is 7. The molecule has 0 aliphatic carbocycles. The Morgan fingerprint density at radius 2 is 1.72 bits per heavy atom. The fourth-order valence-electron chi connectivity index (χ4n) is 1.16. The van der Waals surface area contributed by atoms with Crippen LogP contribution in [0, 0.1) is 0 Å². The highest BCUT2D eigenvalue weighted by Crippen LogP contribution is 2.08. The minimum absolute atomic E-state index is 0.0734. The molecule has 0 aliphatic heterocycles. The van der Waals surface area contributed by atoms with Crippen LogP contribution in [0.1, 0.15) is 20.3 Å². The number of hydrogen-bond donors (Lipinski definition) is 3. The molecule has 0 radical (unpaired) electrons. The van der Waals surface area contributed by atoms with E-state index >= 15 is 0 Å². The van der Waals surface area contributed by atoms with Crippen LogP contribution in [0.3, 0.4) is 0 Å². The third-order valence-corrected chi connectivity index (χ3v) is 2.09. The number of carbonyl (C=O) groups is 1. The van der Waals surface area contributed by atoms with Gasteiger partial charge in [0.05, 0.1) is 0 Å². The van der Waals surface area contributed by atoms with Crippen molar-refractivity contribution in [3.05, 3.63) is 5.28 Å². The van der Waals surface area contributed by atoms with Crippen molar-refractivity contribution in [3.8, 4) is 0 Å². The molecule has 0 atom stereocenters. The molecule has 0 unspecified atom stereocenters. The normalized spacial score (nSPS) is 9.94. The zero-order valence-corrected chi connectivity index (χ0v) is 11.2. The molecular formula is C10H17ClN6O. The summed E-state index contributed by atoms with van der Waals surface area (Å²) in [4.78, 5) is 22.7. The smallest absolute Gasteiger partial charge is 0.228 e. The number of anilines is 2. The van der Waals surface area contributed by atoms with Crippen LogP contribution in [0.2, 0.25) is 5.28 Å². The van der Waals surface area contributed by atoms with E-state index in [0.717, 1.165) is 13.0 Å². The van der Waals surface area contributed by atoms with Gasteiger partial charge in [-0.15, -0.1) is 0 Å². The van der Waals surface area contributed by atoms with Crippen molar-refractivity contribution < 1.29 is 4.79 Å².